The number of hydrogen-bond acceptors (Lipinski definition) is 3. The average molecular weight is 421 g/mol. The molecule has 0 spiro atoms. The highest BCUT2D eigenvalue weighted by atomic mass is 35.5. The number of aromatic amines is 1. The Balaban J connectivity index is 0.000000330. The molecular weight excluding hydrogens is 403 g/mol. The minimum absolute atomic E-state index is 0.627. The molecule has 0 fully saturated rings. The van der Waals surface area contributed by atoms with Gasteiger partial charge in [0.1, 0.15) is 0 Å². The van der Waals surface area contributed by atoms with Crippen LogP contribution in [0.3, 0.4) is 0 Å². The Morgan fingerprint density at radius 1 is 1.04 bits per heavy atom. The fourth-order valence-electron chi connectivity index (χ4n) is 3.30. The molecule has 28 heavy (non-hydrogen) atoms. The predicted molar refractivity (Wildman–Crippen MR) is 108 cm³/mol. The van der Waals surface area contributed by atoms with Gasteiger partial charge >= 0.3 is 11.9 Å². The number of fused-ring (bicyclic) bond motifs is 3. The maximum absolute atomic E-state index is 9.10. The molecule has 1 aliphatic rings. The highest BCUT2D eigenvalue weighted by molar-refractivity contribution is 6.42. The van der Waals surface area contributed by atoms with Crippen LogP contribution in [0.4, 0.5) is 0 Å². The van der Waals surface area contributed by atoms with Crippen molar-refractivity contribution in [3.63, 3.8) is 0 Å². The number of rotatable bonds is 2. The summed E-state index contributed by atoms with van der Waals surface area (Å²) < 4.78 is 0. The van der Waals surface area contributed by atoms with Crippen molar-refractivity contribution in [2.75, 3.05) is 6.54 Å². The predicted octanol–water partition coefficient (Wildman–Crippen LogP) is 4.19. The fourth-order valence-corrected chi connectivity index (χ4v) is 3.68. The molecule has 0 unspecified atom stereocenters. The lowest BCUT2D eigenvalue weighted by Crippen LogP contribution is -2.30. The molecule has 0 amide bonds. The van der Waals surface area contributed by atoms with E-state index in [1.165, 1.54) is 22.2 Å². The van der Waals surface area contributed by atoms with Crippen LogP contribution in [0.1, 0.15) is 16.8 Å². The van der Waals surface area contributed by atoms with Crippen LogP contribution in [0.25, 0.3) is 10.9 Å². The molecule has 0 saturated heterocycles. The van der Waals surface area contributed by atoms with Crippen molar-refractivity contribution in [2.45, 2.75) is 19.5 Å². The van der Waals surface area contributed by atoms with Gasteiger partial charge in [0.15, 0.2) is 0 Å². The largest absolute Gasteiger partial charge is 0.473 e. The number of benzene rings is 2. The second kappa shape index (κ2) is 8.65. The molecule has 3 aromatic rings. The van der Waals surface area contributed by atoms with Crippen LogP contribution in [0.5, 0.6) is 0 Å². The third kappa shape index (κ3) is 4.47. The van der Waals surface area contributed by atoms with Crippen LogP contribution in [-0.4, -0.2) is 38.6 Å². The van der Waals surface area contributed by atoms with Gasteiger partial charge in [0.05, 0.1) is 10.0 Å². The maximum atomic E-state index is 9.10. The van der Waals surface area contributed by atoms with E-state index in [1.807, 2.05) is 12.1 Å². The van der Waals surface area contributed by atoms with E-state index in [4.69, 9.17) is 43.0 Å². The van der Waals surface area contributed by atoms with E-state index in [0.717, 1.165) is 31.6 Å². The van der Waals surface area contributed by atoms with Crippen molar-refractivity contribution in [1.82, 2.24) is 9.88 Å². The molecule has 3 N–H and O–H groups in total. The molecule has 0 saturated carbocycles. The lowest BCUT2D eigenvalue weighted by atomic mass is 10.0. The van der Waals surface area contributed by atoms with E-state index in [-0.39, 0.29) is 0 Å². The number of carbonyl (C=O) groups is 2. The van der Waals surface area contributed by atoms with Crippen LogP contribution in [0, 0.1) is 0 Å². The molecule has 4 rings (SSSR count). The molecule has 2 aromatic carbocycles. The van der Waals surface area contributed by atoms with Gasteiger partial charge in [-0.2, -0.15) is 0 Å². The molecule has 0 radical (unpaired) electrons. The molecule has 8 heteroatoms. The monoisotopic (exact) mass is 420 g/mol. The van der Waals surface area contributed by atoms with Crippen molar-refractivity contribution in [3.8, 4) is 0 Å². The van der Waals surface area contributed by atoms with Crippen molar-refractivity contribution >= 4 is 46.0 Å². The minimum Gasteiger partial charge on any atom is -0.473 e. The first kappa shape index (κ1) is 20.2. The van der Waals surface area contributed by atoms with Crippen LogP contribution in [0.2, 0.25) is 10.0 Å². The lowest BCUT2D eigenvalue weighted by molar-refractivity contribution is -0.159. The van der Waals surface area contributed by atoms with Gasteiger partial charge in [-0.3, -0.25) is 4.90 Å². The third-order valence-corrected chi connectivity index (χ3v) is 5.43. The van der Waals surface area contributed by atoms with Crippen molar-refractivity contribution in [1.29, 1.82) is 0 Å². The van der Waals surface area contributed by atoms with E-state index in [9.17, 15) is 0 Å². The van der Waals surface area contributed by atoms with E-state index >= 15 is 0 Å². The summed E-state index contributed by atoms with van der Waals surface area (Å²) in [5, 5.41) is 17.4. The molecule has 0 aliphatic carbocycles. The van der Waals surface area contributed by atoms with Gasteiger partial charge in [-0.1, -0.05) is 53.5 Å². The normalized spacial score (nSPS) is 13.5. The Hall–Kier alpha value is -2.54. The maximum Gasteiger partial charge on any atom is 0.414 e. The van der Waals surface area contributed by atoms with Crippen LogP contribution >= 0.6 is 23.2 Å². The number of para-hydroxylation sites is 1. The highest BCUT2D eigenvalue weighted by Gasteiger charge is 2.21. The molecule has 1 aliphatic heterocycles. The van der Waals surface area contributed by atoms with E-state index in [2.05, 4.69) is 40.2 Å². The lowest BCUT2D eigenvalue weighted by Gasteiger charge is -2.27. The van der Waals surface area contributed by atoms with Crippen LogP contribution < -0.4 is 0 Å². The number of halogens is 2. The first-order valence-corrected chi connectivity index (χ1v) is 9.32. The Labute approximate surface area is 171 Å². The third-order valence-electron chi connectivity index (χ3n) is 4.57. The molecule has 6 nitrogen and oxygen atoms in total. The summed E-state index contributed by atoms with van der Waals surface area (Å²) in [7, 11) is 0. The molecule has 146 valence electrons. The molecule has 2 heterocycles. The standard InChI is InChI=1S/C18H16Cl2N2.C2H2O4/c19-15-6-3-4-12(18(15)20)10-22-9-8-14-13-5-1-2-7-16(13)21-17(14)11-22;3-1(4)2(5)6/h1-7,21H,8-11H2;(H,3,4)(H,5,6). The van der Waals surface area contributed by atoms with Crippen molar-refractivity contribution < 1.29 is 19.8 Å². The zero-order chi connectivity index (χ0) is 20.3. The Morgan fingerprint density at radius 3 is 2.46 bits per heavy atom. The van der Waals surface area contributed by atoms with Gasteiger partial charge in [-0.15, -0.1) is 0 Å². The summed E-state index contributed by atoms with van der Waals surface area (Å²) in [5.41, 5.74) is 5.11. The average Bonchev–Trinajstić information content (AvgIpc) is 3.03. The van der Waals surface area contributed by atoms with Gasteiger partial charge in [0.25, 0.3) is 0 Å². The SMILES string of the molecule is Clc1cccc(CN2CCc3c([nH]c4ccccc34)C2)c1Cl.O=C(O)C(=O)O. The number of aliphatic carboxylic acids is 2. The van der Waals surface area contributed by atoms with Gasteiger partial charge < -0.3 is 15.2 Å². The van der Waals surface area contributed by atoms with E-state index in [0.29, 0.717) is 10.0 Å². The van der Waals surface area contributed by atoms with Crippen molar-refractivity contribution in [2.24, 2.45) is 0 Å². The minimum atomic E-state index is -1.82. The summed E-state index contributed by atoms with van der Waals surface area (Å²) >= 11 is 12.4. The zero-order valence-electron chi connectivity index (χ0n) is 14.8. The Kier molecular flexibility index (Phi) is 6.24. The molecular formula is C20H18Cl2N2O4. The second-order valence-electron chi connectivity index (χ2n) is 6.41. The highest BCUT2D eigenvalue weighted by Crippen LogP contribution is 2.30. The summed E-state index contributed by atoms with van der Waals surface area (Å²) in [4.78, 5) is 24.2. The Morgan fingerprint density at radius 2 is 1.75 bits per heavy atom. The van der Waals surface area contributed by atoms with Crippen molar-refractivity contribution in [3.05, 3.63) is 69.3 Å². The Bertz CT molecular complexity index is 1020. The number of H-pyrrole nitrogens is 1. The van der Waals surface area contributed by atoms with E-state index in [1.54, 1.807) is 0 Å². The number of carboxylic acid groups (broad SMARTS) is 2. The number of carboxylic acids is 2. The summed E-state index contributed by atoms with van der Waals surface area (Å²) in [6.07, 6.45) is 1.07. The van der Waals surface area contributed by atoms with Gasteiger partial charge in [0.2, 0.25) is 0 Å². The van der Waals surface area contributed by atoms with Gasteiger partial charge in [-0.05, 0) is 29.7 Å². The number of nitrogens with zero attached hydrogens (tertiary/aromatic N) is 1. The summed E-state index contributed by atoms with van der Waals surface area (Å²) in [5.74, 6) is -3.65. The van der Waals surface area contributed by atoms with E-state index < -0.39 is 11.9 Å². The second-order valence-corrected chi connectivity index (χ2v) is 7.20. The molecule has 1 aromatic heterocycles. The first-order valence-electron chi connectivity index (χ1n) is 8.56. The van der Waals surface area contributed by atoms with Crippen LogP contribution in [-0.2, 0) is 29.1 Å². The topological polar surface area (TPSA) is 93.6 Å². The van der Waals surface area contributed by atoms with Gasteiger partial charge in [-0.25, -0.2) is 9.59 Å². The van der Waals surface area contributed by atoms with Gasteiger partial charge in [0, 0.05) is 36.2 Å². The smallest absolute Gasteiger partial charge is 0.414 e. The zero-order valence-corrected chi connectivity index (χ0v) is 16.3. The molecule has 0 bridgehead atoms. The van der Waals surface area contributed by atoms with Crippen LogP contribution in [0.15, 0.2) is 42.5 Å². The number of aromatic nitrogens is 1. The fraction of sp³-hybridized carbons (Fsp3) is 0.200. The molecule has 0 atom stereocenters. The first-order chi connectivity index (χ1) is 13.4. The number of nitrogens with one attached hydrogen (secondary N) is 1. The number of hydrogen-bond donors (Lipinski definition) is 3. The summed E-state index contributed by atoms with van der Waals surface area (Å²) in [6.45, 7) is 2.79. The summed E-state index contributed by atoms with van der Waals surface area (Å²) in [6, 6.07) is 14.4. The quantitative estimate of drug-likeness (QED) is 0.540.